The summed E-state index contributed by atoms with van der Waals surface area (Å²) in [6.45, 7) is 0. The van der Waals surface area contributed by atoms with Crippen LogP contribution in [0, 0.1) is 0 Å². The Bertz CT molecular complexity index is 2320. The van der Waals surface area contributed by atoms with Gasteiger partial charge in [-0.15, -0.1) is 0 Å². The van der Waals surface area contributed by atoms with Crippen LogP contribution >= 0.6 is 0 Å². The summed E-state index contributed by atoms with van der Waals surface area (Å²) in [5.41, 5.74) is 0. The van der Waals surface area contributed by atoms with Crippen molar-refractivity contribution >= 4 is 97.9 Å². The molecule has 0 saturated carbocycles. The Balaban J connectivity index is 1.38. The van der Waals surface area contributed by atoms with Gasteiger partial charge in [0.15, 0.2) is 0 Å². The van der Waals surface area contributed by atoms with E-state index in [1.807, 2.05) is 36.4 Å². The molecule has 3 N–H and O–H groups in total. The molecule has 0 atom stereocenters. The van der Waals surface area contributed by atoms with Gasteiger partial charge in [-0.25, -0.2) is 0 Å². The van der Waals surface area contributed by atoms with Crippen molar-refractivity contribution in [2.45, 2.75) is 0 Å². The van der Waals surface area contributed by atoms with Gasteiger partial charge >= 0.3 is 61.6 Å². The van der Waals surface area contributed by atoms with Gasteiger partial charge in [-0.3, -0.25) is 0 Å². The lowest BCUT2D eigenvalue weighted by Gasteiger charge is -2.56. The van der Waals surface area contributed by atoms with Gasteiger partial charge in [-0.1, -0.05) is 212 Å². The molecule has 12 nitrogen and oxygen atoms in total. The van der Waals surface area contributed by atoms with E-state index in [2.05, 4.69) is 0 Å². The van der Waals surface area contributed by atoms with Crippen LogP contribution in [-0.4, -0.2) is 76.0 Å². The molecule has 4 bridgehead atoms. The summed E-state index contributed by atoms with van der Waals surface area (Å²) >= 11 is 0. The highest BCUT2D eigenvalue weighted by Crippen LogP contribution is 2.41. The second-order valence-electron chi connectivity index (χ2n) is 14.5. The van der Waals surface area contributed by atoms with Gasteiger partial charge in [-0.05, 0) is 0 Å². The monoisotopic (exact) mass is 930 g/mol. The molecule has 0 radical (unpaired) electrons. The lowest BCUT2D eigenvalue weighted by Crippen LogP contribution is -2.91. The summed E-state index contributed by atoms with van der Waals surface area (Å²) in [5.74, 6) is 0. The number of benzene rings is 7. The van der Waals surface area contributed by atoms with Gasteiger partial charge in [0.05, 0.1) is 0 Å². The Labute approximate surface area is 359 Å². The van der Waals surface area contributed by atoms with E-state index in [-0.39, 0.29) is 15.6 Å². The van der Waals surface area contributed by atoms with E-state index < -0.39 is 61.6 Å². The molecule has 10 rings (SSSR count). The maximum atomic E-state index is 13.6. The fourth-order valence-electron chi connectivity index (χ4n) is 7.51. The highest BCUT2D eigenvalue weighted by atomic mass is 28.6. The minimum absolute atomic E-state index is 0.239. The molecule has 3 saturated heterocycles. The fraction of sp³-hybridized carbons (Fsp3) is 0. The first-order valence-corrected chi connectivity index (χ1v) is 31.7. The molecule has 7 aromatic carbocycles. The number of rotatable bonds is 7. The lowest BCUT2D eigenvalue weighted by atomic mass is 10.4. The molecule has 3 heterocycles. The summed E-state index contributed by atoms with van der Waals surface area (Å²) in [5, 5.41) is 2.18. The zero-order valence-corrected chi connectivity index (χ0v) is 39.2. The fourth-order valence-corrected chi connectivity index (χ4v) is 41.4. The van der Waals surface area contributed by atoms with Gasteiger partial charge in [-0.2, -0.15) is 0 Å². The van der Waals surface area contributed by atoms with E-state index in [0.717, 1.165) is 0 Å². The first-order valence-electron chi connectivity index (χ1n) is 19.5. The SMILES string of the molecule is O[Si]1(c2ccccc2)O[Si]2(c3ccccc3)O[Si](O)(c3ccccc3)O[Si]3(c4ccccc4)O[Si](O)(c4ccccc4)O[Si](c4ccccc4)(O1)O[Si](c1ccccc1)(O2)O3. The van der Waals surface area contributed by atoms with Crippen molar-refractivity contribution in [1.82, 2.24) is 0 Å². The molecule has 3 fully saturated rings. The molecule has 0 amide bonds. The number of fused-ring (bicyclic) bond motifs is 3. The van der Waals surface area contributed by atoms with Crippen LogP contribution in [0.3, 0.4) is 0 Å². The maximum absolute atomic E-state index is 13.6. The van der Waals surface area contributed by atoms with Gasteiger partial charge in [0.1, 0.15) is 0 Å². The Morgan fingerprint density at radius 1 is 0.197 bits per heavy atom. The van der Waals surface area contributed by atoms with Crippen LogP contribution in [0.15, 0.2) is 212 Å². The molecule has 3 aliphatic rings. The predicted octanol–water partition coefficient (Wildman–Crippen LogP) is 1.08. The van der Waals surface area contributed by atoms with Crippen molar-refractivity contribution < 1.29 is 51.4 Å². The highest BCUT2D eigenvalue weighted by molar-refractivity contribution is 7.09. The van der Waals surface area contributed by atoms with Crippen LogP contribution in [0.4, 0.5) is 0 Å². The molecular weight excluding hydrogens is 893 g/mol. The zero-order chi connectivity index (χ0) is 41.7. The van der Waals surface area contributed by atoms with Crippen molar-refractivity contribution in [1.29, 1.82) is 0 Å². The van der Waals surface area contributed by atoms with E-state index in [1.54, 1.807) is 176 Å². The summed E-state index contributed by atoms with van der Waals surface area (Å²) in [4.78, 5) is 40.7. The molecule has 306 valence electrons. The molecule has 0 unspecified atom stereocenters. The second kappa shape index (κ2) is 15.7. The summed E-state index contributed by atoms with van der Waals surface area (Å²) in [7, 11) is -34.7. The third kappa shape index (κ3) is 7.33. The molecule has 0 spiro atoms. The summed E-state index contributed by atoms with van der Waals surface area (Å²) in [6, 6.07) is 61.4. The van der Waals surface area contributed by atoms with E-state index in [4.69, 9.17) is 37.0 Å². The standard InChI is InChI=1S/C42H38O12Si7/c43-55(36-22-8-1-9-23-36)46-58(39-28-14-4-15-29-39)48-56(44,37-24-10-2-11-25-37)50-60(41-32-18-6-19-33-41)51-57(45,38-26-12-3-13-27-38)49-59(47-55,40-30-16-5-17-31-40)53-61(52-58,54-60)42-34-20-7-21-35-42/h1-35,43-45H. The van der Waals surface area contributed by atoms with E-state index in [1.165, 1.54) is 0 Å². The van der Waals surface area contributed by atoms with Gasteiger partial charge < -0.3 is 51.4 Å². The third-order valence-electron chi connectivity index (χ3n) is 10.4. The highest BCUT2D eigenvalue weighted by Gasteiger charge is 2.79. The Hall–Kier alpha value is -4.42. The van der Waals surface area contributed by atoms with E-state index in [0.29, 0.717) is 20.7 Å². The number of hydrogen-bond acceptors (Lipinski definition) is 12. The van der Waals surface area contributed by atoms with Gasteiger partial charge in [0, 0.05) is 36.3 Å². The van der Waals surface area contributed by atoms with Crippen LogP contribution in [0.1, 0.15) is 0 Å². The molecule has 0 aliphatic carbocycles. The van der Waals surface area contributed by atoms with E-state index >= 15 is 0 Å². The average molecular weight is 931 g/mol. The van der Waals surface area contributed by atoms with Crippen LogP contribution in [-0.2, 0) is 37.0 Å². The average Bonchev–Trinajstić information content (AvgIpc) is 3.29. The molecule has 0 aromatic heterocycles. The largest absolute Gasteiger partial charge is 0.520 e. The molecule has 3 aliphatic heterocycles. The first kappa shape index (κ1) is 40.6. The molecule has 61 heavy (non-hydrogen) atoms. The summed E-state index contributed by atoms with van der Waals surface area (Å²) < 4.78 is 66.5. The zero-order valence-electron chi connectivity index (χ0n) is 32.2. The van der Waals surface area contributed by atoms with Crippen molar-refractivity contribution in [2.24, 2.45) is 0 Å². The van der Waals surface area contributed by atoms with E-state index in [9.17, 15) is 14.4 Å². The topological polar surface area (TPSA) is 144 Å². The van der Waals surface area contributed by atoms with Gasteiger partial charge in [0.25, 0.3) is 0 Å². The van der Waals surface area contributed by atoms with Crippen molar-refractivity contribution in [2.75, 3.05) is 0 Å². The van der Waals surface area contributed by atoms with Crippen LogP contribution < -0.4 is 36.3 Å². The smallest absolute Gasteiger partial charge is 0.387 e. The minimum atomic E-state index is -5.04. The second-order valence-corrected chi connectivity index (χ2v) is 33.8. The third-order valence-corrected chi connectivity index (χ3v) is 37.3. The molecule has 19 heteroatoms. The quantitative estimate of drug-likeness (QED) is 0.197. The van der Waals surface area contributed by atoms with Crippen LogP contribution in [0.5, 0.6) is 0 Å². The Kier molecular flexibility index (Phi) is 10.5. The van der Waals surface area contributed by atoms with Crippen LogP contribution in [0.25, 0.3) is 0 Å². The van der Waals surface area contributed by atoms with Gasteiger partial charge in [0.2, 0.25) is 0 Å². The van der Waals surface area contributed by atoms with Crippen molar-refractivity contribution in [3.8, 4) is 0 Å². The van der Waals surface area contributed by atoms with Crippen LogP contribution in [0.2, 0.25) is 0 Å². The normalized spacial score (nSPS) is 32.4. The molecule has 7 aromatic rings. The number of hydrogen-bond donors (Lipinski definition) is 3. The summed E-state index contributed by atoms with van der Waals surface area (Å²) in [6.07, 6.45) is 0. The first-order chi connectivity index (χ1) is 29.6. The Morgan fingerprint density at radius 2 is 0.344 bits per heavy atom. The predicted molar refractivity (Wildman–Crippen MR) is 239 cm³/mol. The maximum Gasteiger partial charge on any atom is 0.520 e. The van der Waals surface area contributed by atoms with Crippen molar-refractivity contribution in [3.63, 3.8) is 0 Å². The minimum Gasteiger partial charge on any atom is -0.387 e. The Morgan fingerprint density at radius 3 is 0.525 bits per heavy atom. The molecular formula is C42H38O12Si7. The van der Waals surface area contributed by atoms with Crippen molar-refractivity contribution in [3.05, 3.63) is 212 Å². The lowest BCUT2D eigenvalue weighted by molar-refractivity contribution is 0.0353.